The van der Waals surface area contributed by atoms with Crippen molar-refractivity contribution in [3.63, 3.8) is 0 Å². The molecule has 2 rings (SSSR count). The lowest BCUT2D eigenvalue weighted by Crippen LogP contribution is -1.95. The highest BCUT2D eigenvalue weighted by Gasteiger charge is 2.07. The highest BCUT2D eigenvalue weighted by molar-refractivity contribution is 9.10. The van der Waals surface area contributed by atoms with Gasteiger partial charge < -0.3 is 0 Å². The maximum Gasteiger partial charge on any atom is 0.233 e. The number of imidazole rings is 1. The van der Waals surface area contributed by atoms with Crippen LogP contribution in [0.1, 0.15) is 25.5 Å². The Hall–Kier alpha value is -0.900. The summed E-state index contributed by atoms with van der Waals surface area (Å²) in [6, 6.07) is 0. The van der Waals surface area contributed by atoms with Crippen molar-refractivity contribution >= 4 is 21.7 Å². The Bertz CT molecular complexity index is 433. The Morgan fingerprint density at radius 1 is 1.31 bits per heavy atom. The van der Waals surface area contributed by atoms with Gasteiger partial charge in [0.1, 0.15) is 0 Å². The molecule has 4 heteroatoms. The van der Waals surface area contributed by atoms with Crippen molar-refractivity contribution in [2.75, 3.05) is 0 Å². The normalized spacial score (nSPS) is 11.4. The van der Waals surface area contributed by atoms with Gasteiger partial charge in [-0.25, -0.2) is 9.97 Å². The minimum Gasteiger partial charge on any atom is -0.287 e. The summed E-state index contributed by atoms with van der Waals surface area (Å²) in [6.07, 6.45) is 5.62. The molecule has 2 aromatic heterocycles. The van der Waals surface area contributed by atoms with Gasteiger partial charge in [0, 0.05) is 18.1 Å². The van der Waals surface area contributed by atoms with Crippen molar-refractivity contribution < 1.29 is 0 Å². The first-order valence-corrected chi connectivity index (χ1v) is 4.96. The SMILES string of the molecule is CC(C)c1cnc2ncc(Br)cn12. The Labute approximate surface area is 85.0 Å². The number of halogens is 1. The second kappa shape index (κ2) is 3.10. The van der Waals surface area contributed by atoms with E-state index in [4.69, 9.17) is 0 Å². The molecule has 68 valence electrons. The third-order valence-electron chi connectivity index (χ3n) is 1.95. The fraction of sp³-hybridized carbons (Fsp3) is 0.333. The van der Waals surface area contributed by atoms with Gasteiger partial charge in [-0.3, -0.25) is 4.40 Å². The molecule has 0 saturated carbocycles. The molecule has 0 saturated heterocycles. The summed E-state index contributed by atoms with van der Waals surface area (Å²) in [5.74, 6) is 1.22. The second-order valence-electron chi connectivity index (χ2n) is 3.28. The largest absolute Gasteiger partial charge is 0.287 e. The maximum atomic E-state index is 4.21. The van der Waals surface area contributed by atoms with Gasteiger partial charge in [0.25, 0.3) is 0 Å². The molecule has 2 heterocycles. The lowest BCUT2D eigenvalue weighted by molar-refractivity contribution is 0.804. The maximum absolute atomic E-state index is 4.21. The minimum atomic E-state index is 0.464. The smallest absolute Gasteiger partial charge is 0.233 e. The molecule has 0 aliphatic heterocycles. The average molecular weight is 240 g/mol. The molecular formula is C9H10BrN3. The Morgan fingerprint density at radius 3 is 2.69 bits per heavy atom. The van der Waals surface area contributed by atoms with Gasteiger partial charge in [0.15, 0.2) is 0 Å². The van der Waals surface area contributed by atoms with Gasteiger partial charge >= 0.3 is 0 Å². The molecule has 0 aliphatic carbocycles. The monoisotopic (exact) mass is 239 g/mol. The van der Waals surface area contributed by atoms with E-state index >= 15 is 0 Å². The standard InChI is InChI=1S/C9H10BrN3/c1-6(2)8-4-12-9-11-3-7(10)5-13(8)9/h3-6H,1-2H3. The predicted octanol–water partition coefficient (Wildman–Crippen LogP) is 2.62. The van der Waals surface area contributed by atoms with Crippen LogP contribution >= 0.6 is 15.9 Å². The first-order chi connectivity index (χ1) is 6.18. The molecule has 0 N–H and O–H groups in total. The zero-order chi connectivity index (χ0) is 9.42. The number of nitrogens with zero attached hydrogens (tertiary/aromatic N) is 3. The first kappa shape index (κ1) is 8.69. The van der Waals surface area contributed by atoms with E-state index in [2.05, 4.69) is 39.7 Å². The Kier molecular flexibility index (Phi) is 2.07. The van der Waals surface area contributed by atoms with Crippen molar-refractivity contribution in [1.82, 2.24) is 14.4 Å². The van der Waals surface area contributed by atoms with Gasteiger partial charge in [-0.15, -0.1) is 0 Å². The summed E-state index contributed by atoms with van der Waals surface area (Å²) in [5, 5.41) is 0. The molecule has 0 bridgehead atoms. The molecule has 0 aromatic carbocycles. The van der Waals surface area contributed by atoms with Crippen molar-refractivity contribution in [2.45, 2.75) is 19.8 Å². The zero-order valence-electron chi connectivity index (χ0n) is 7.53. The van der Waals surface area contributed by atoms with Crippen molar-refractivity contribution in [3.8, 4) is 0 Å². The van der Waals surface area contributed by atoms with E-state index in [1.54, 1.807) is 6.20 Å². The molecule has 0 aliphatic rings. The molecule has 0 unspecified atom stereocenters. The number of fused-ring (bicyclic) bond motifs is 1. The second-order valence-corrected chi connectivity index (χ2v) is 4.20. The van der Waals surface area contributed by atoms with Gasteiger partial charge in [-0.1, -0.05) is 13.8 Å². The van der Waals surface area contributed by atoms with Gasteiger partial charge in [-0.05, 0) is 21.8 Å². The fourth-order valence-electron chi connectivity index (χ4n) is 1.29. The summed E-state index contributed by atoms with van der Waals surface area (Å²) in [4.78, 5) is 8.40. The van der Waals surface area contributed by atoms with Crippen molar-refractivity contribution in [2.24, 2.45) is 0 Å². The molecular weight excluding hydrogens is 230 g/mol. The van der Waals surface area contributed by atoms with Crippen LogP contribution in [0.15, 0.2) is 23.1 Å². The molecule has 0 radical (unpaired) electrons. The van der Waals surface area contributed by atoms with Crippen LogP contribution in [0, 0.1) is 0 Å². The summed E-state index contributed by atoms with van der Waals surface area (Å²) in [6.45, 7) is 4.29. The van der Waals surface area contributed by atoms with Crippen LogP contribution in [0.4, 0.5) is 0 Å². The molecule has 13 heavy (non-hydrogen) atoms. The van der Waals surface area contributed by atoms with Crippen LogP contribution in [0.25, 0.3) is 5.78 Å². The van der Waals surface area contributed by atoms with Crippen LogP contribution in [0.3, 0.4) is 0 Å². The van der Waals surface area contributed by atoms with Crippen LogP contribution in [0.2, 0.25) is 0 Å². The molecule has 0 fully saturated rings. The molecule has 2 aromatic rings. The Morgan fingerprint density at radius 2 is 2.00 bits per heavy atom. The summed E-state index contributed by atoms with van der Waals surface area (Å²) >= 11 is 3.39. The molecule has 0 amide bonds. The van der Waals surface area contributed by atoms with E-state index in [0.29, 0.717) is 5.92 Å². The van der Waals surface area contributed by atoms with E-state index < -0.39 is 0 Å². The molecule has 3 nitrogen and oxygen atoms in total. The van der Waals surface area contributed by atoms with Crippen LogP contribution in [-0.4, -0.2) is 14.4 Å². The highest BCUT2D eigenvalue weighted by atomic mass is 79.9. The summed E-state index contributed by atoms with van der Waals surface area (Å²) in [7, 11) is 0. The van der Waals surface area contributed by atoms with Gasteiger partial charge in [0.2, 0.25) is 5.78 Å². The lowest BCUT2D eigenvalue weighted by Gasteiger charge is -2.03. The fourth-order valence-corrected chi connectivity index (χ4v) is 1.60. The lowest BCUT2D eigenvalue weighted by atomic mass is 10.1. The van der Waals surface area contributed by atoms with E-state index in [-0.39, 0.29) is 0 Å². The zero-order valence-corrected chi connectivity index (χ0v) is 9.12. The number of hydrogen-bond donors (Lipinski definition) is 0. The highest BCUT2D eigenvalue weighted by Crippen LogP contribution is 2.17. The van der Waals surface area contributed by atoms with Crippen LogP contribution in [-0.2, 0) is 0 Å². The molecule has 0 spiro atoms. The third kappa shape index (κ3) is 1.46. The topological polar surface area (TPSA) is 30.2 Å². The molecule has 0 atom stereocenters. The van der Waals surface area contributed by atoms with E-state index in [1.807, 2.05) is 16.8 Å². The number of hydrogen-bond acceptors (Lipinski definition) is 2. The number of aromatic nitrogens is 3. The third-order valence-corrected chi connectivity index (χ3v) is 2.36. The van der Waals surface area contributed by atoms with E-state index in [0.717, 1.165) is 10.3 Å². The predicted molar refractivity (Wildman–Crippen MR) is 54.8 cm³/mol. The average Bonchev–Trinajstić information content (AvgIpc) is 2.46. The summed E-state index contributed by atoms with van der Waals surface area (Å²) < 4.78 is 2.98. The van der Waals surface area contributed by atoms with Crippen LogP contribution < -0.4 is 0 Å². The minimum absolute atomic E-state index is 0.464. The quantitative estimate of drug-likeness (QED) is 0.766. The van der Waals surface area contributed by atoms with Crippen LogP contribution in [0.5, 0.6) is 0 Å². The van der Waals surface area contributed by atoms with Crippen molar-refractivity contribution in [1.29, 1.82) is 0 Å². The van der Waals surface area contributed by atoms with Crippen molar-refractivity contribution in [3.05, 3.63) is 28.8 Å². The first-order valence-electron chi connectivity index (χ1n) is 4.17. The van der Waals surface area contributed by atoms with Gasteiger partial charge in [0.05, 0.1) is 10.7 Å². The van der Waals surface area contributed by atoms with E-state index in [1.165, 1.54) is 5.69 Å². The van der Waals surface area contributed by atoms with E-state index in [9.17, 15) is 0 Å². The van der Waals surface area contributed by atoms with Gasteiger partial charge in [-0.2, -0.15) is 0 Å². The number of rotatable bonds is 1. The summed E-state index contributed by atoms with van der Waals surface area (Å²) in [5.41, 5.74) is 1.18. The Balaban J connectivity index is 2.71.